The number of benzene rings is 2. The van der Waals surface area contributed by atoms with Gasteiger partial charge in [0.25, 0.3) is 5.91 Å². The second-order valence-electron chi connectivity index (χ2n) is 7.34. The largest absolute Gasteiger partial charge is 0.326 e. The molecular formula is C22H13Cl5FN3O2. The summed E-state index contributed by atoms with van der Waals surface area (Å²) < 4.78 is 11.6. The Balaban J connectivity index is 1.50. The molecule has 0 bridgehead atoms. The van der Waals surface area contributed by atoms with E-state index in [2.05, 4.69) is 15.6 Å². The highest BCUT2D eigenvalue weighted by atomic mass is 35.5. The van der Waals surface area contributed by atoms with Crippen molar-refractivity contribution < 1.29 is 14.0 Å². The van der Waals surface area contributed by atoms with Gasteiger partial charge < -0.3 is 10.6 Å². The maximum absolute atomic E-state index is 13.0. The lowest BCUT2D eigenvalue weighted by molar-refractivity contribution is -0.117. The van der Waals surface area contributed by atoms with Gasteiger partial charge in [-0.05, 0) is 54.1 Å². The number of nitrogens with zero attached hydrogens (tertiary/aromatic N) is 1. The van der Waals surface area contributed by atoms with Crippen LogP contribution in [0.3, 0.4) is 0 Å². The normalized spacial score (nSPS) is 18.5. The molecule has 2 unspecified atom stereocenters. The maximum Gasteiger partial charge on any atom is 0.257 e. The predicted molar refractivity (Wildman–Crippen MR) is 129 cm³/mol. The van der Waals surface area contributed by atoms with E-state index in [9.17, 15) is 14.0 Å². The molecule has 1 aliphatic rings. The molecule has 2 aromatic carbocycles. The molecule has 1 fully saturated rings. The smallest absolute Gasteiger partial charge is 0.257 e. The molecule has 5 nitrogen and oxygen atoms in total. The summed E-state index contributed by atoms with van der Waals surface area (Å²) in [6.07, 6.45) is 1.17. The van der Waals surface area contributed by atoms with Crippen LogP contribution in [0.5, 0.6) is 0 Å². The summed E-state index contributed by atoms with van der Waals surface area (Å²) in [6.45, 7) is 0. The molecule has 0 radical (unpaired) electrons. The third-order valence-electron chi connectivity index (χ3n) is 5.04. The summed E-state index contributed by atoms with van der Waals surface area (Å²) in [7, 11) is 0. The highest BCUT2D eigenvalue weighted by Gasteiger charge is 2.67. The van der Waals surface area contributed by atoms with E-state index in [0.717, 1.165) is 6.07 Å². The standard InChI is InChI=1S/C22H13Cl5FN3O2/c23-11-5-10(6-12(24)7-11)18-19(22(18,26)27)21(33)30-13-1-3-16(25)15(8-13)20(32)31-14-2-4-17(28)29-9-14/h1-9,18-19H,(H,30,33)(H,31,32). The number of pyridine rings is 1. The molecule has 2 atom stereocenters. The number of aromatic nitrogens is 1. The maximum atomic E-state index is 13.0. The molecule has 11 heteroatoms. The van der Waals surface area contributed by atoms with Crippen LogP contribution in [0.1, 0.15) is 21.8 Å². The van der Waals surface area contributed by atoms with E-state index in [1.165, 1.54) is 30.5 Å². The quantitative estimate of drug-likeness (QED) is 0.268. The number of anilines is 2. The van der Waals surface area contributed by atoms with Crippen molar-refractivity contribution in [2.75, 3.05) is 10.6 Å². The summed E-state index contributed by atoms with van der Waals surface area (Å²) in [5.41, 5.74) is 1.32. The molecule has 0 saturated heterocycles. The first-order valence-corrected chi connectivity index (χ1v) is 11.3. The summed E-state index contributed by atoms with van der Waals surface area (Å²) in [5.74, 6) is -2.97. The lowest BCUT2D eigenvalue weighted by atomic mass is 10.1. The number of nitrogens with one attached hydrogen (secondary N) is 2. The van der Waals surface area contributed by atoms with E-state index in [4.69, 9.17) is 58.0 Å². The number of alkyl halides is 2. The fourth-order valence-electron chi connectivity index (χ4n) is 3.47. The Morgan fingerprint density at radius 1 is 0.909 bits per heavy atom. The van der Waals surface area contributed by atoms with Crippen LogP contribution < -0.4 is 10.6 Å². The van der Waals surface area contributed by atoms with Crippen molar-refractivity contribution in [2.24, 2.45) is 5.92 Å². The molecule has 33 heavy (non-hydrogen) atoms. The van der Waals surface area contributed by atoms with Gasteiger partial charge in [-0.1, -0.05) is 34.8 Å². The molecule has 1 aromatic heterocycles. The minimum absolute atomic E-state index is 0.0933. The zero-order valence-corrected chi connectivity index (χ0v) is 20.2. The van der Waals surface area contributed by atoms with E-state index >= 15 is 0 Å². The van der Waals surface area contributed by atoms with Gasteiger partial charge in [0.2, 0.25) is 11.9 Å². The zero-order chi connectivity index (χ0) is 23.9. The summed E-state index contributed by atoms with van der Waals surface area (Å²) >= 11 is 31.0. The van der Waals surface area contributed by atoms with Gasteiger partial charge in [0, 0.05) is 21.7 Å². The summed E-state index contributed by atoms with van der Waals surface area (Å²) in [5, 5.41) is 6.23. The third-order valence-corrected chi connectivity index (χ3v) is 6.75. The van der Waals surface area contributed by atoms with E-state index in [0.29, 0.717) is 21.3 Å². The summed E-state index contributed by atoms with van der Waals surface area (Å²) in [4.78, 5) is 29.0. The van der Waals surface area contributed by atoms with Crippen LogP contribution in [0.4, 0.5) is 15.8 Å². The van der Waals surface area contributed by atoms with Crippen LogP contribution in [0.25, 0.3) is 0 Å². The van der Waals surface area contributed by atoms with E-state index in [-0.39, 0.29) is 16.3 Å². The zero-order valence-electron chi connectivity index (χ0n) is 16.4. The number of hydrogen-bond acceptors (Lipinski definition) is 3. The molecule has 2 amide bonds. The average Bonchev–Trinajstić information content (AvgIpc) is 3.32. The fraction of sp³-hybridized carbons (Fsp3) is 0.136. The minimum atomic E-state index is -1.35. The van der Waals surface area contributed by atoms with Gasteiger partial charge in [0.1, 0.15) is 4.33 Å². The van der Waals surface area contributed by atoms with Crippen LogP contribution in [0, 0.1) is 11.9 Å². The number of amides is 2. The molecule has 4 rings (SSSR count). The molecule has 0 aliphatic heterocycles. The first kappa shape index (κ1) is 24.0. The van der Waals surface area contributed by atoms with E-state index < -0.39 is 33.9 Å². The second-order valence-corrected chi connectivity index (χ2v) is 10.1. The van der Waals surface area contributed by atoms with Crippen LogP contribution >= 0.6 is 58.0 Å². The second kappa shape index (κ2) is 9.28. The monoisotopic (exact) mass is 545 g/mol. The van der Waals surface area contributed by atoms with Gasteiger partial charge in [-0.25, -0.2) is 4.98 Å². The number of halogens is 6. The van der Waals surface area contributed by atoms with Gasteiger partial charge in [-0.15, -0.1) is 23.2 Å². The van der Waals surface area contributed by atoms with Gasteiger partial charge in [0.05, 0.1) is 28.4 Å². The summed E-state index contributed by atoms with van der Waals surface area (Å²) in [6, 6.07) is 11.7. The SMILES string of the molecule is O=C(Nc1ccc(F)nc1)c1cc(NC(=O)C2C(c3cc(Cl)cc(Cl)c3)C2(Cl)Cl)ccc1Cl. The van der Waals surface area contributed by atoms with Crippen molar-refractivity contribution >= 4 is 81.2 Å². The Labute approximate surface area is 213 Å². The molecule has 3 aromatic rings. The van der Waals surface area contributed by atoms with Gasteiger partial charge in [0.15, 0.2) is 0 Å². The lowest BCUT2D eigenvalue weighted by Crippen LogP contribution is -2.18. The number of carbonyl (C=O) groups is 2. The molecule has 0 spiro atoms. The molecule has 1 saturated carbocycles. The Kier molecular flexibility index (Phi) is 6.76. The highest BCUT2D eigenvalue weighted by Crippen LogP contribution is 2.65. The van der Waals surface area contributed by atoms with Crippen LogP contribution in [0.15, 0.2) is 54.7 Å². The van der Waals surface area contributed by atoms with Gasteiger partial charge in [-0.2, -0.15) is 4.39 Å². The molecule has 1 aliphatic carbocycles. The lowest BCUT2D eigenvalue weighted by Gasteiger charge is -2.10. The van der Waals surface area contributed by atoms with Crippen molar-refractivity contribution in [1.82, 2.24) is 4.98 Å². The average molecular weight is 548 g/mol. The Hall–Kier alpha value is -2.09. The molecule has 2 N–H and O–H groups in total. The number of hydrogen-bond donors (Lipinski definition) is 2. The molecular weight excluding hydrogens is 535 g/mol. The van der Waals surface area contributed by atoms with E-state index in [1.54, 1.807) is 18.2 Å². The predicted octanol–water partition coefficient (Wildman–Crippen LogP) is 6.96. The van der Waals surface area contributed by atoms with Crippen molar-refractivity contribution in [2.45, 2.75) is 10.3 Å². The Morgan fingerprint density at radius 3 is 2.21 bits per heavy atom. The highest BCUT2D eigenvalue weighted by molar-refractivity contribution is 6.53. The van der Waals surface area contributed by atoms with Crippen LogP contribution in [-0.2, 0) is 4.79 Å². The first-order chi connectivity index (χ1) is 15.6. The van der Waals surface area contributed by atoms with E-state index in [1.807, 2.05) is 0 Å². The van der Waals surface area contributed by atoms with Crippen LogP contribution in [0.2, 0.25) is 15.1 Å². The Bertz CT molecular complexity index is 1230. The molecule has 170 valence electrons. The fourth-order valence-corrected chi connectivity index (χ4v) is 5.04. The van der Waals surface area contributed by atoms with Crippen molar-refractivity contribution in [3.63, 3.8) is 0 Å². The topological polar surface area (TPSA) is 71.1 Å². The number of carbonyl (C=O) groups excluding carboxylic acids is 2. The van der Waals surface area contributed by atoms with Gasteiger partial charge >= 0.3 is 0 Å². The van der Waals surface area contributed by atoms with Crippen molar-refractivity contribution in [3.05, 3.63) is 86.9 Å². The first-order valence-electron chi connectivity index (χ1n) is 9.43. The van der Waals surface area contributed by atoms with Crippen LogP contribution in [-0.4, -0.2) is 21.1 Å². The van der Waals surface area contributed by atoms with Crippen molar-refractivity contribution in [1.29, 1.82) is 0 Å². The van der Waals surface area contributed by atoms with Crippen molar-refractivity contribution in [3.8, 4) is 0 Å². The number of rotatable bonds is 5. The Morgan fingerprint density at radius 2 is 1.58 bits per heavy atom. The van der Waals surface area contributed by atoms with Gasteiger partial charge in [-0.3, -0.25) is 9.59 Å². The minimum Gasteiger partial charge on any atom is -0.326 e. The molecule has 1 heterocycles. The third kappa shape index (κ3) is 5.20.